The van der Waals surface area contributed by atoms with Gasteiger partial charge in [0.1, 0.15) is 13.2 Å². The zero-order chi connectivity index (χ0) is 19.9. The van der Waals surface area contributed by atoms with E-state index in [1.807, 2.05) is 42.5 Å². The smallest absolute Gasteiger partial charge is 0.356 e. The van der Waals surface area contributed by atoms with Crippen LogP contribution in [0.1, 0.15) is 0 Å². The third kappa shape index (κ3) is 8.93. The summed E-state index contributed by atoms with van der Waals surface area (Å²) in [5.74, 6) is 0. The summed E-state index contributed by atoms with van der Waals surface area (Å²) in [5.41, 5.74) is 0. The minimum atomic E-state index is -0.808. The third-order valence-corrected chi connectivity index (χ3v) is 5.66. The summed E-state index contributed by atoms with van der Waals surface area (Å²) in [7, 11) is 0. The number of rotatable bonds is 9. The SMILES string of the molecule is OCCO[S+](OCCO)c1ccccc1.c1ccc(Sc2ccccc2)cc1. The Morgan fingerprint density at radius 2 is 1.00 bits per heavy atom. The molecule has 0 atom stereocenters. The average molecular weight is 418 g/mol. The van der Waals surface area contributed by atoms with E-state index in [4.69, 9.17) is 18.6 Å². The van der Waals surface area contributed by atoms with Gasteiger partial charge in [-0.05, 0) is 24.3 Å². The van der Waals surface area contributed by atoms with Gasteiger partial charge in [0.05, 0.1) is 13.2 Å². The van der Waals surface area contributed by atoms with Crippen LogP contribution in [0.25, 0.3) is 0 Å². The summed E-state index contributed by atoms with van der Waals surface area (Å²) >= 11 is 0.980. The lowest BCUT2D eigenvalue weighted by Gasteiger charge is -2.02. The van der Waals surface area contributed by atoms with Crippen LogP contribution in [0.4, 0.5) is 0 Å². The topological polar surface area (TPSA) is 58.9 Å². The van der Waals surface area contributed by atoms with Gasteiger partial charge in [0.2, 0.25) is 4.90 Å². The summed E-state index contributed by atoms with van der Waals surface area (Å²) in [4.78, 5) is 3.47. The van der Waals surface area contributed by atoms with Crippen molar-refractivity contribution >= 4 is 23.2 Å². The lowest BCUT2D eigenvalue weighted by atomic mass is 10.4. The first kappa shape index (κ1) is 22.5. The number of aliphatic hydroxyl groups is 2. The van der Waals surface area contributed by atoms with Gasteiger partial charge < -0.3 is 10.2 Å². The number of hydrogen-bond acceptors (Lipinski definition) is 5. The molecular formula is C22H25O4S2+. The summed E-state index contributed by atoms with van der Waals surface area (Å²) in [6.07, 6.45) is 0. The van der Waals surface area contributed by atoms with Gasteiger partial charge in [-0.15, -0.1) is 8.37 Å². The van der Waals surface area contributed by atoms with Crippen molar-refractivity contribution in [2.75, 3.05) is 26.4 Å². The molecule has 148 valence electrons. The summed E-state index contributed by atoms with van der Waals surface area (Å²) in [6.45, 7) is 0.366. The summed E-state index contributed by atoms with van der Waals surface area (Å²) in [5, 5.41) is 17.3. The Bertz CT molecular complexity index is 697. The van der Waals surface area contributed by atoms with Gasteiger partial charge in [0.25, 0.3) is 0 Å². The zero-order valence-electron chi connectivity index (χ0n) is 15.5. The largest absolute Gasteiger partial charge is 0.394 e. The van der Waals surface area contributed by atoms with E-state index in [1.165, 1.54) is 9.79 Å². The highest BCUT2D eigenvalue weighted by atomic mass is 32.2. The van der Waals surface area contributed by atoms with Crippen LogP contribution in [0.2, 0.25) is 0 Å². The number of benzene rings is 3. The molecule has 0 aromatic heterocycles. The Morgan fingerprint density at radius 3 is 1.39 bits per heavy atom. The second kappa shape index (κ2) is 14.2. The van der Waals surface area contributed by atoms with Crippen molar-refractivity contribution in [2.24, 2.45) is 0 Å². The van der Waals surface area contributed by atoms with Gasteiger partial charge in [-0.25, -0.2) is 0 Å². The van der Waals surface area contributed by atoms with Gasteiger partial charge in [-0.1, -0.05) is 66.4 Å². The second-order valence-electron chi connectivity index (χ2n) is 5.37. The lowest BCUT2D eigenvalue weighted by molar-refractivity contribution is 0.172. The molecule has 0 aliphatic rings. The van der Waals surface area contributed by atoms with Crippen LogP contribution in [0, 0.1) is 0 Å². The first-order valence-corrected chi connectivity index (χ1v) is 10.8. The third-order valence-electron chi connectivity index (χ3n) is 3.22. The van der Waals surface area contributed by atoms with Crippen molar-refractivity contribution in [2.45, 2.75) is 14.7 Å². The molecule has 0 heterocycles. The molecule has 3 aromatic carbocycles. The minimum absolute atomic E-state index is 0.0428. The monoisotopic (exact) mass is 417 g/mol. The van der Waals surface area contributed by atoms with E-state index >= 15 is 0 Å². The van der Waals surface area contributed by atoms with E-state index in [-0.39, 0.29) is 26.4 Å². The van der Waals surface area contributed by atoms with Crippen LogP contribution in [0.3, 0.4) is 0 Å². The van der Waals surface area contributed by atoms with E-state index in [2.05, 4.69) is 48.5 Å². The predicted octanol–water partition coefficient (Wildman–Crippen LogP) is 4.35. The maximum atomic E-state index is 8.66. The molecule has 0 aliphatic heterocycles. The second-order valence-corrected chi connectivity index (χ2v) is 7.93. The predicted molar refractivity (Wildman–Crippen MR) is 115 cm³/mol. The molecule has 0 aliphatic carbocycles. The van der Waals surface area contributed by atoms with Crippen LogP contribution in [0.5, 0.6) is 0 Å². The normalized spacial score (nSPS) is 10.4. The first-order valence-electron chi connectivity index (χ1n) is 8.89. The molecule has 0 unspecified atom stereocenters. The molecule has 0 spiro atoms. The lowest BCUT2D eigenvalue weighted by Crippen LogP contribution is -2.16. The Kier molecular flexibility index (Phi) is 11.4. The van der Waals surface area contributed by atoms with Crippen molar-refractivity contribution < 1.29 is 18.6 Å². The number of hydrogen-bond donors (Lipinski definition) is 2. The van der Waals surface area contributed by atoms with Crippen LogP contribution in [-0.2, 0) is 19.8 Å². The molecule has 0 fully saturated rings. The molecule has 0 saturated heterocycles. The van der Waals surface area contributed by atoms with Crippen LogP contribution in [0.15, 0.2) is 106 Å². The van der Waals surface area contributed by atoms with E-state index in [9.17, 15) is 0 Å². The van der Waals surface area contributed by atoms with Crippen molar-refractivity contribution in [3.05, 3.63) is 91.0 Å². The maximum absolute atomic E-state index is 8.66. The fourth-order valence-corrected chi connectivity index (χ4v) is 4.07. The quantitative estimate of drug-likeness (QED) is 0.507. The van der Waals surface area contributed by atoms with E-state index in [0.717, 1.165) is 4.90 Å². The van der Waals surface area contributed by atoms with Gasteiger partial charge >= 0.3 is 11.5 Å². The highest BCUT2D eigenvalue weighted by molar-refractivity contribution is 7.99. The molecular weight excluding hydrogens is 392 g/mol. The van der Waals surface area contributed by atoms with Crippen LogP contribution in [-0.4, -0.2) is 36.6 Å². The highest BCUT2D eigenvalue weighted by Crippen LogP contribution is 2.26. The Hall–Kier alpha value is -1.80. The minimum Gasteiger partial charge on any atom is -0.394 e. The molecule has 3 aromatic rings. The fraction of sp³-hybridized carbons (Fsp3) is 0.182. The average Bonchev–Trinajstić information content (AvgIpc) is 2.76. The van der Waals surface area contributed by atoms with Crippen molar-refractivity contribution in [1.29, 1.82) is 0 Å². The van der Waals surface area contributed by atoms with Gasteiger partial charge in [0, 0.05) is 21.9 Å². The van der Waals surface area contributed by atoms with Gasteiger partial charge in [0.15, 0.2) is 0 Å². The fourth-order valence-electron chi connectivity index (χ4n) is 2.04. The zero-order valence-corrected chi connectivity index (χ0v) is 17.1. The van der Waals surface area contributed by atoms with Gasteiger partial charge in [-0.2, -0.15) is 0 Å². The Balaban J connectivity index is 0.000000202. The van der Waals surface area contributed by atoms with Crippen LogP contribution < -0.4 is 0 Å². The van der Waals surface area contributed by atoms with E-state index < -0.39 is 11.5 Å². The summed E-state index contributed by atoms with van der Waals surface area (Å²) < 4.78 is 10.6. The molecule has 0 amide bonds. The molecule has 6 heteroatoms. The molecule has 4 nitrogen and oxygen atoms in total. The Morgan fingerprint density at radius 1 is 0.607 bits per heavy atom. The van der Waals surface area contributed by atoms with Crippen molar-refractivity contribution in [3.63, 3.8) is 0 Å². The molecule has 0 bridgehead atoms. The Labute approximate surface area is 173 Å². The molecule has 0 saturated carbocycles. The maximum Gasteiger partial charge on any atom is 0.356 e. The van der Waals surface area contributed by atoms with E-state index in [0.29, 0.717) is 0 Å². The number of aliphatic hydroxyl groups excluding tert-OH is 2. The van der Waals surface area contributed by atoms with E-state index in [1.54, 1.807) is 11.8 Å². The standard InChI is InChI=1S/C12H10S.C10H15O4S/c1-3-7-11(8-4-1)13-12-9-5-2-6-10-12;11-6-8-13-15(14-9-7-12)10-4-2-1-3-5-10/h1-10H;1-5,11-12H,6-9H2/q;+1. The van der Waals surface area contributed by atoms with Gasteiger partial charge in [-0.3, -0.25) is 0 Å². The molecule has 2 N–H and O–H groups in total. The first-order chi connectivity index (χ1) is 13.8. The highest BCUT2D eigenvalue weighted by Gasteiger charge is 2.26. The van der Waals surface area contributed by atoms with Crippen molar-refractivity contribution in [1.82, 2.24) is 0 Å². The molecule has 0 radical (unpaired) electrons. The summed E-state index contributed by atoms with van der Waals surface area (Å²) in [6, 6.07) is 30.3. The molecule has 3 rings (SSSR count). The molecule has 28 heavy (non-hydrogen) atoms. The van der Waals surface area contributed by atoms with Crippen LogP contribution >= 0.6 is 11.8 Å². The van der Waals surface area contributed by atoms with Crippen molar-refractivity contribution in [3.8, 4) is 0 Å².